The van der Waals surface area contributed by atoms with Crippen molar-refractivity contribution in [2.75, 3.05) is 0 Å². The fraction of sp³-hybridized carbons (Fsp3) is 0.0833. The van der Waals surface area contributed by atoms with Gasteiger partial charge < -0.3 is 9.84 Å². The van der Waals surface area contributed by atoms with Crippen LogP contribution in [0.2, 0.25) is 0 Å². The van der Waals surface area contributed by atoms with Gasteiger partial charge in [-0.05, 0) is 12.1 Å². The van der Waals surface area contributed by atoms with Crippen molar-refractivity contribution in [1.82, 2.24) is 9.78 Å². The lowest BCUT2D eigenvalue weighted by molar-refractivity contribution is -0.0499. The highest BCUT2D eigenvalue weighted by Gasteiger charge is 2.13. The molecule has 0 spiro atoms. The van der Waals surface area contributed by atoms with Crippen molar-refractivity contribution in [2.45, 2.75) is 6.61 Å². The molecule has 1 aromatic carbocycles. The normalized spacial score (nSPS) is 10.6. The number of para-hydroxylation sites is 2. The van der Waals surface area contributed by atoms with Gasteiger partial charge in [-0.1, -0.05) is 12.1 Å². The van der Waals surface area contributed by atoms with Crippen LogP contribution in [0.4, 0.5) is 8.78 Å². The van der Waals surface area contributed by atoms with Crippen molar-refractivity contribution in [3.05, 3.63) is 52.4 Å². The fourth-order valence-electron chi connectivity index (χ4n) is 1.53. The van der Waals surface area contributed by atoms with Crippen molar-refractivity contribution in [3.8, 4) is 11.4 Å². The Morgan fingerprint density at radius 2 is 2.05 bits per heavy atom. The zero-order valence-electron chi connectivity index (χ0n) is 9.86. The molecule has 0 atom stereocenters. The van der Waals surface area contributed by atoms with Crippen LogP contribution in [0.5, 0.6) is 5.75 Å². The number of ether oxygens (including phenoxy) is 1. The number of hydrogen-bond acceptors (Lipinski definition) is 4. The minimum Gasteiger partial charge on any atom is -0.478 e. The SMILES string of the molecule is O=C(O)c1cnn(-c2ccccc2OC(F)F)c(=O)c1. The van der Waals surface area contributed by atoms with E-state index in [9.17, 15) is 18.4 Å². The molecule has 0 amide bonds. The summed E-state index contributed by atoms with van der Waals surface area (Å²) in [5.41, 5.74) is -1.07. The Kier molecular flexibility index (Phi) is 3.74. The molecule has 8 heteroatoms. The van der Waals surface area contributed by atoms with Gasteiger partial charge in [-0.25, -0.2) is 4.79 Å². The zero-order chi connectivity index (χ0) is 14.7. The summed E-state index contributed by atoms with van der Waals surface area (Å²) in [5.74, 6) is -1.54. The number of carbonyl (C=O) groups is 1. The maximum Gasteiger partial charge on any atom is 0.387 e. The average molecular weight is 282 g/mol. The molecule has 104 valence electrons. The number of carboxylic acid groups (broad SMARTS) is 1. The maximum atomic E-state index is 12.3. The molecule has 1 N–H and O–H groups in total. The van der Waals surface area contributed by atoms with E-state index in [1.165, 1.54) is 24.3 Å². The first-order valence-electron chi connectivity index (χ1n) is 5.36. The fourth-order valence-corrected chi connectivity index (χ4v) is 1.53. The molecule has 6 nitrogen and oxygen atoms in total. The van der Waals surface area contributed by atoms with Crippen LogP contribution in [0, 0.1) is 0 Å². The summed E-state index contributed by atoms with van der Waals surface area (Å²) in [5, 5.41) is 12.4. The lowest BCUT2D eigenvalue weighted by Gasteiger charge is -2.11. The summed E-state index contributed by atoms with van der Waals surface area (Å²) < 4.78 is 29.6. The van der Waals surface area contributed by atoms with Gasteiger partial charge in [-0.2, -0.15) is 18.6 Å². The van der Waals surface area contributed by atoms with Crippen molar-refractivity contribution < 1.29 is 23.4 Å². The summed E-state index contributed by atoms with van der Waals surface area (Å²) in [7, 11) is 0. The third kappa shape index (κ3) is 2.79. The van der Waals surface area contributed by atoms with Crippen LogP contribution in [0.1, 0.15) is 10.4 Å². The molecule has 0 aliphatic carbocycles. The second kappa shape index (κ2) is 5.47. The molecule has 0 fully saturated rings. The van der Waals surface area contributed by atoms with Crippen LogP contribution in [-0.2, 0) is 0 Å². The highest BCUT2D eigenvalue weighted by Crippen LogP contribution is 2.22. The van der Waals surface area contributed by atoms with Gasteiger partial charge in [0, 0.05) is 6.07 Å². The molecule has 0 bridgehead atoms. The van der Waals surface area contributed by atoms with Gasteiger partial charge in [0.15, 0.2) is 5.75 Å². The van der Waals surface area contributed by atoms with Gasteiger partial charge in [0.2, 0.25) is 0 Å². The van der Waals surface area contributed by atoms with E-state index >= 15 is 0 Å². The van der Waals surface area contributed by atoms with E-state index in [0.29, 0.717) is 0 Å². The van der Waals surface area contributed by atoms with E-state index in [1.807, 2.05) is 0 Å². The number of alkyl halides is 2. The molecule has 1 heterocycles. The van der Waals surface area contributed by atoms with Gasteiger partial charge >= 0.3 is 12.6 Å². The van der Waals surface area contributed by atoms with E-state index in [1.54, 1.807) is 0 Å². The predicted molar refractivity (Wildman–Crippen MR) is 63.4 cm³/mol. The van der Waals surface area contributed by atoms with Crippen LogP contribution in [0.25, 0.3) is 5.69 Å². The number of aromatic carboxylic acids is 1. The minimum absolute atomic E-state index is 0.00487. The molecule has 2 aromatic rings. The minimum atomic E-state index is -3.05. The monoisotopic (exact) mass is 282 g/mol. The van der Waals surface area contributed by atoms with Crippen LogP contribution < -0.4 is 10.3 Å². The summed E-state index contributed by atoms with van der Waals surface area (Å²) >= 11 is 0. The number of aromatic nitrogens is 2. The molecule has 0 saturated heterocycles. The van der Waals surface area contributed by atoms with Crippen molar-refractivity contribution in [2.24, 2.45) is 0 Å². The number of halogens is 2. The number of nitrogens with zero attached hydrogens (tertiary/aromatic N) is 2. The quantitative estimate of drug-likeness (QED) is 0.919. The van der Waals surface area contributed by atoms with E-state index in [0.717, 1.165) is 16.9 Å². The highest BCUT2D eigenvalue weighted by atomic mass is 19.3. The molecular weight excluding hydrogens is 274 g/mol. The van der Waals surface area contributed by atoms with Crippen LogP contribution in [0.3, 0.4) is 0 Å². The molecule has 1 aromatic heterocycles. The molecule has 0 aliphatic rings. The van der Waals surface area contributed by atoms with Gasteiger partial charge in [0.25, 0.3) is 5.56 Å². The predicted octanol–water partition coefficient (Wildman–Crippen LogP) is 1.53. The van der Waals surface area contributed by atoms with E-state index < -0.39 is 18.1 Å². The summed E-state index contributed by atoms with van der Waals surface area (Å²) in [6.45, 7) is -3.05. The molecule has 2 rings (SSSR count). The summed E-state index contributed by atoms with van der Waals surface area (Å²) in [4.78, 5) is 22.5. The number of benzene rings is 1. The topological polar surface area (TPSA) is 81.4 Å². The number of hydrogen-bond donors (Lipinski definition) is 1. The second-order valence-corrected chi connectivity index (χ2v) is 3.65. The zero-order valence-corrected chi connectivity index (χ0v) is 9.86. The third-order valence-electron chi connectivity index (χ3n) is 2.36. The Bertz CT molecular complexity index is 700. The molecular formula is C12H8F2N2O4. The first kappa shape index (κ1) is 13.7. The van der Waals surface area contributed by atoms with Crippen molar-refractivity contribution >= 4 is 5.97 Å². The first-order chi connectivity index (χ1) is 9.49. The van der Waals surface area contributed by atoms with Crippen LogP contribution >= 0.6 is 0 Å². The Hall–Kier alpha value is -2.77. The molecule has 0 radical (unpaired) electrons. The lowest BCUT2D eigenvalue weighted by atomic mass is 10.3. The maximum absolute atomic E-state index is 12.3. The average Bonchev–Trinajstić information content (AvgIpc) is 2.39. The number of carboxylic acids is 1. The lowest BCUT2D eigenvalue weighted by Crippen LogP contribution is -2.22. The Labute approximate surface area is 110 Å². The van der Waals surface area contributed by atoms with Crippen LogP contribution in [-0.4, -0.2) is 27.5 Å². The largest absolute Gasteiger partial charge is 0.478 e. The molecule has 0 unspecified atom stereocenters. The smallest absolute Gasteiger partial charge is 0.387 e. The summed E-state index contributed by atoms with van der Waals surface area (Å²) in [6.07, 6.45) is 0.947. The molecule has 0 aliphatic heterocycles. The Morgan fingerprint density at radius 3 is 2.65 bits per heavy atom. The summed E-state index contributed by atoms with van der Waals surface area (Å²) in [6, 6.07) is 6.41. The van der Waals surface area contributed by atoms with E-state index in [-0.39, 0.29) is 17.0 Å². The van der Waals surface area contributed by atoms with Gasteiger partial charge in [-0.3, -0.25) is 4.79 Å². The van der Waals surface area contributed by atoms with Crippen LogP contribution in [0.15, 0.2) is 41.3 Å². The first-order valence-corrected chi connectivity index (χ1v) is 5.36. The van der Waals surface area contributed by atoms with Gasteiger partial charge in [0.1, 0.15) is 5.69 Å². The van der Waals surface area contributed by atoms with E-state index in [4.69, 9.17) is 5.11 Å². The third-order valence-corrected chi connectivity index (χ3v) is 2.36. The van der Waals surface area contributed by atoms with Crippen molar-refractivity contribution in [3.63, 3.8) is 0 Å². The van der Waals surface area contributed by atoms with Gasteiger partial charge in [0.05, 0.1) is 11.8 Å². The van der Waals surface area contributed by atoms with Gasteiger partial charge in [-0.15, -0.1) is 0 Å². The van der Waals surface area contributed by atoms with E-state index in [2.05, 4.69) is 9.84 Å². The Morgan fingerprint density at radius 1 is 1.35 bits per heavy atom. The Balaban J connectivity index is 2.52. The second-order valence-electron chi connectivity index (χ2n) is 3.65. The standard InChI is InChI=1S/C12H8F2N2O4/c13-12(14)20-9-4-2-1-3-8(9)16-10(17)5-7(6-15-16)11(18)19/h1-6,12H,(H,18,19). The van der Waals surface area contributed by atoms with Crippen molar-refractivity contribution in [1.29, 1.82) is 0 Å². The number of rotatable bonds is 4. The molecule has 0 saturated carbocycles. The molecule has 20 heavy (non-hydrogen) atoms. The highest BCUT2D eigenvalue weighted by molar-refractivity contribution is 5.86.